The molecule has 0 amide bonds. The van der Waals surface area contributed by atoms with Crippen molar-refractivity contribution in [1.82, 2.24) is 9.78 Å². The number of allylic oxidation sites excluding steroid dienone is 3. The van der Waals surface area contributed by atoms with Gasteiger partial charge < -0.3 is 5.43 Å². The van der Waals surface area contributed by atoms with Crippen molar-refractivity contribution in [3.8, 4) is 5.69 Å². The Labute approximate surface area is 309 Å². The molecule has 4 rings (SSSR count). The lowest BCUT2D eigenvalue weighted by atomic mass is 10.2. The molecule has 0 aliphatic heterocycles. The Bertz CT molecular complexity index is 2010. The minimum absolute atomic E-state index is 0.184. The van der Waals surface area contributed by atoms with Gasteiger partial charge >= 0.3 is 12.4 Å². The number of halogens is 9. The summed E-state index contributed by atoms with van der Waals surface area (Å²) in [7, 11) is 0. The number of benzene rings is 3. The summed E-state index contributed by atoms with van der Waals surface area (Å²) in [4.78, 5) is 22.3. The number of nitrogen functional groups attached to an aromatic ring is 1. The van der Waals surface area contributed by atoms with Crippen molar-refractivity contribution < 1.29 is 31.1 Å². The number of hydrazine groups is 1. The fourth-order valence-electron chi connectivity index (χ4n) is 3.83. The number of hydrazone groups is 1. The van der Waals surface area contributed by atoms with Gasteiger partial charge in [0, 0.05) is 26.8 Å². The molecule has 3 aromatic carbocycles. The number of alkyl halides is 6. The van der Waals surface area contributed by atoms with Gasteiger partial charge in [-0.2, -0.15) is 41.2 Å². The second kappa shape index (κ2) is 20.2. The Hall–Kier alpha value is -4.89. The van der Waals surface area contributed by atoms with Crippen molar-refractivity contribution in [2.24, 2.45) is 10.9 Å². The van der Waals surface area contributed by atoms with Crippen LogP contribution in [0.4, 0.5) is 37.7 Å². The number of nitrogens with two attached hydrogens (primary N) is 1. The minimum atomic E-state index is -4.92. The highest BCUT2D eigenvalue weighted by Gasteiger charge is 2.37. The number of anilines is 2. The SMILES string of the molecule is C/C=C/c1cc(-n2ncc(C(F)(F)F)cc2=O)ccc1Cl.C/C=C/c1cc(N/N=C/C(=O)C(F)(F)F)ccc1Cl.C/C=C/c1cc(NN)ccc1Cl. The van der Waals surface area contributed by atoms with Crippen molar-refractivity contribution in [2.45, 2.75) is 33.1 Å². The van der Waals surface area contributed by atoms with E-state index in [-0.39, 0.29) is 6.21 Å². The summed E-state index contributed by atoms with van der Waals surface area (Å²) in [6.45, 7) is 5.54. The van der Waals surface area contributed by atoms with E-state index in [0.29, 0.717) is 44.8 Å². The highest BCUT2D eigenvalue weighted by Crippen LogP contribution is 2.28. The Morgan fingerprint density at radius 1 is 0.769 bits per heavy atom. The molecule has 52 heavy (non-hydrogen) atoms. The van der Waals surface area contributed by atoms with Crippen LogP contribution in [-0.2, 0) is 11.0 Å². The van der Waals surface area contributed by atoms with Gasteiger partial charge in [0.1, 0.15) is 0 Å². The molecule has 0 saturated heterocycles. The number of hydrogen-bond donors (Lipinski definition) is 3. The standard InChI is InChI=1S/C14H10ClF3N2O.C12H10ClF3N2O.C9H11ClN2/c1-2-3-9-6-11(4-5-12(9)15)20-13(21)7-10(8-19-20)14(16,17)18;1-2-3-8-6-9(4-5-10(8)13)18-17-7-11(19)12(14,15)16;1-2-3-7-6-8(12-11)4-5-9(7)10/h2-8H,1H3;2-7,18H,1H3;2-6,12H,11H2,1H3/b3-2+;3-2+,17-7+;3-2+. The number of aromatic nitrogens is 2. The molecule has 0 bridgehead atoms. The van der Waals surface area contributed by atoms with Gasteiger partial charge in [0.25, 0.3) is 11.3 Å². The summed E-state index contributed by atoms with van der Waals surface area (Å²) in [5, 5.41) is 8.49. The molecule has 1 aromatic heterocycles. The van der Waals surface area contributed by atoms with Crippen LogP contribution in [0.2, 0.25) is 15.1 Å². The first-order chi connectivity index (χ1) is 24.4. The van der Waals surface area contributed by atoms with Crippen LogP contribution in [0.25, 0.3) is 23.9 Å². The number of carbonyl (C=O) groups excluding carboxylic acids is 1. The molecule has 4 N–H and O–H groups in total. The number of ketones is 1. The van der Waals surface area contributed by atoms with Gasteiger partial charge in [-0.1, -0.05) is 71.3 Å². The predicted molar refractivity (Wildman–Crippen MR) is 198 cm³/mol. The molecule has 1 heterocycles. The number of rotatable bonds is 8. The fourth-order valence-corrected chi connectivity index (χ4v) is 4.37. The third kappa shape index (κ3) is 13.7. The smallest absolute Gasteiger partial charge is 0.324 e. The zero-order valence-corrected chi connectivity index (χ0v) is 29.8. The molecule has 0 radical (unpaired) electrons. The summed E-state index contributed by atoms with van der Waals surface area (Å²) in [5.41, 5.74) is 6.86. The number of hydrogen-bond acceptors (Lipinski definition) is 7. The van der Waals surface area contributed by atoms with Crippen LogP contribution in [0.15, 0.2) is 95.0 Å². The summed E-state index contributed by atoms with van der Waals surface area (Å²) in [5.74, 6) is 3.22. The van der Waals surface area contributed by atoms with Gasteiger partial charge in [-0.25, -0.2) is 0 Å². The monoisotopic (exact) mass is 786 g/mol. The zero-order chi connectivity index (χ0) is 39.1. The van der Waals surface area contributed by atoms with E-state index in [4.69, 9.17) is 40.6 Å². The molecular weight excluding hydrogens is 757 g/mol. The number of nitrogens with zero attached hydrogens (tertiary/aromatic N) is 3. The molecule has 0 aliphatic carbocycles. The highest BCUT2D eigenvalue weighted by molar-refractivity contribution is 6.33. The third-order valence-corrected chi connectivity index (χ3v) is 7.24. The molecular formula is C35H31Cl3F6N6O2. The molecule has 0 atom stereocenters. The summed E-state index contributed by atoms with van der Waals surface area (Å²) in [6.07, 6.45) is 2.14. The van der Waals surface area contributed by atoms with Gasteiger partial charge in [-0.15, -0.1) is 0 Å². The number of Topliss-reactive ketones (excluding diaryl/α,β-unsaturated/α-hetero) is 1. The van der Waals surface area contributed by atoms with Crippen molar-refractivity contribution in [1.29, 1.82) is 0 Å². The summed E-state index contributed by atoms with van der Waals surface area (Å²) < 4.78 is 74.1. The quantitative estimate of drug-likeness (QED) is 0.0709. The van der Waals surface area contributed by atoms with Crippen molar-refractivity contribution in [3.05, 3.63) is 133 Å². The van der Waals surface area contributed by atoms with Gasteiger partial charge in [0.2, 0.25) is 0 Å². The number of carbonyl (C=O) groups is 1. The molecule has 8 nitrogen and oxygen atoms in total. The molecule has 276 valence electrons. The topological polar surface area (TPSA) is 114 Å². The Balaban J connectivity index is 0.000000280. The lowest BCUT2D eigenvalue weighted by molar-refractivity contribution is -0.162. The fraction of sp³-hybridized carbons (Fsp3) is 0.143. The van der Waals surface area contributed by atoms with Crippen LogP contribution in [0.3, 0.4) is 0 Å². The molecule has 17 heteroatoms. The average Bonchev–Trinajstić information content (AvgIpc) is 3.08. The molecule has 4 aromatic rings. The second-order valence-electron chi connectivity index (χ2n) is 10.0. The van der Waals surface area contributed by atoms with Gasteiger partial charge in [-0.3, -0.25) is 20.9 Å². The van der Waals surface area contributed by atoms with E-state index in [1.54, 1.807) is 62.4 Å². The second-order valence-corrected chi connectivity index (χ2v) is 11.3. The van der Waals surface area contributed by atoms with Crippen molar-refractivity contribution in [3.63, 3.8) is 0 Å². The van der Waals surface area contributed by atoms with E-state index in [2.05, 4.69) is 21.1 Å². The highest BCUT2D eigenvalue weighted by atomic mass is 35.5. The van der Waals surface area contributed by atoms with Crippen LogP contribution in [-0.4, -0.2) is 28.0 Å². The van der Waals surface area contributed by atoms with E-state index in [1.807, 2.05) is 37.3 Å². The third-order valence-electron chi connectivity index (χ3n) is 6.20. The van der Waals surface area contributed by atoms with Gasteiger partial charge in [-0.05, 0) is 92.1 Å². The largest absolute Gasteiger partial charge is 0.455 e. The van der Waals surface area contributed by atoms with Gasteiger partial charge in [0.15, 0.2) is 0 Å². The number of nitrogens with one attached hydrogen (secondary N) is 2. The Morgan fingerprint density at radius 2 is 1.25 bits per heavy atom. The minimum Gasteiger partial charge on any atom is -0.324 e. The summed E-state index contributed by atoms with van der Waals surface area (Å²) in [6, 6.07) is 15.4. The predicted octanol–water partition coefficient (Wildman–Crippen LogP) is 10.5. The van der Waals surface area contributed by atoms with Crippen LogP contribution in [0, 0.1) is 0 Å². The lowest BCUT2D eigenvalue weighted by Gasteiger charge is -2.09. The average molecular weight is 788 g/mol. The van der Waals surface area contributed by atoms with Crippen molar-refractivity contribution >= 4 is 76.4 Å². The van der Waals surface area contributed by atoms with Crippen LogP contribution >= 0.6 is 34.8 Å². The van der Waals surface area contributed by atoms with E-state index in [0.717, 1.165) is 21.0 Å². The molecule has 0 fully saturated rings. The zero-order valence-electron chi connectivity index (χ0n) is 27.5. The van der Waals surface area contributed by atoms with E-state index >= 15 is 0 Å². The van der Waals surface area contributed by atoms with E-state index in [9.17, 15) is 35.9 Å². The first kappa shape index (κ1) is 43.3. The molecule has 0 spiro atoms. The van der Waals surface area contributed by atoms with Crippen LogP contribution < -0.4 is 22.3 Å². The van der Waals surface area contributed by atoms with E-state index < -0.39 is 29.3 Å². The van der Waals surface area contributed by atoms with Crippen molar-refractivity contribution in [2.75, 3.05) is 10.9 Å². The summed E-state index contributed by atoms with van der Waals surface area (Å²) >= 11 is 17.8. The van der Waals surface area contributed by atoms with Crippen LogP contribution in [0.5, 0.6) is 0 Å². The maximum Gasteiger partial charge on any atom is 0.455 e. The first-order valence-electron chi connectivity index (χ1n) is 14.8. The molecule has 0 aliphatic rings. The Morgan fingerprint density at radius 3 is 1.71 bits per heavy atom. The Kier molecular flexibility index (Phi) is 16.8. The van der Waals surface area contributed by atoms with Crippen LogP contribution in [0.1, 0.15) is 43.0 Å². The molecule has 0 saturated carbocycles. The normalized spacial score (nSPS) is 11.8. The molecule has 0 unspecified atom stereocenters. The maximum atomic E-state index is 12.5. The van der Waals surface area contributed by atoms with E-state index in [1.165, 1.54) is 12.1 Å². The lowest BCUT2D eigenvalue weighted by Crippen LogP contribution is -2.23. The first-order valence-corrected chi connectivity index (χ1v) is 15.9. The maximum absolute atomic E-state index is 12.5. The van der Waals surface area contributed by atoms with Gasteiger partial charge in [0.05, 0.1) is 29.3 Å².